The van der Waals surface area contributed by atoms with Crippen LogP contribution in [0.4, 0.5) is 0 Å². The first-order chi connectivity index (χ1) is 14.4. The lowest BCUT2D eigenvalue weighted by molar-refractivity contribution is -0.140. The summed E-state index contributed by atoms with van der Waals surface area (Å²) in [5.41, 5.74) is 2.33. The number of hydrogen-bond donors (Lipinski definition) is 2. The van der Waals surface area contributed by atoms with E-state index in [1.54, 1.807) is 24.3 Å². The number of ketones is 1. The van der Waals surface area contributed by atoms with Crippen LogP contribution in [-0.2, 0) is 14.4 Å². The standard InChI is InChI=1S/C24H23NO5/c1-16-9-12-18(13-10-16)22(28)21-19(14-11-17-6-3-2-4-7-17)25(24(30)23(21)29)15-5-8-20(26)27/h2-4,6-7,9-14,19,28H,5,8,15H2,1H3,(H,26,27)/b14-11+,22-21+. The van der Waals surface area contributed by atoms with Crippen molar-refractivity contribution in [2.75, 3.05) is 6.54 Å². The third kappa shape index (κ3) is 4.66. The van der Waals surface area contributed by atoms with Crippen LogP contribution in [0.15, 0.2) is 66.2 Å². The Balaban J connectivity index is 2.01. The maximum absolute atomic E-state index is 12.8. The molecule has 0 radical (unpaired) electrons. The van der Waals surface area contributed by atoms with E-state index in [0.29, 0.717) is 5.56 Å². The van der Waals surface area contributed by atoms with Crippen LogP contribution < -0.4 is 0 Å². The Labute approximate surface area is 174 Å². The number of carbonyl (C=O) groups is 3. The predicted octanol–water partition coefficient (Wildman–Crippen LogP) is 3.62. The number of aliphatic hydroxyl groups excluding tert-OH is 1. The average Bonchev–Trinajstić information content (AvgIpc) is 2.97. The molecule has 1 aliphatic rings. The number of benzene rings is 2. The molecule has 30 heavy (non-hydrogen) atoms. The molecule has 2 aromatic carbocycles. The summed E-state index contributed by atoms with van der Waals surface area (Å²) in [6, 6.07) is 15.6. The lowest BCUT2D eigenvalue weighted by Gasteiger charge is -2.22. The van der Waals surface area contributed by atoms with Crippen LogP contribution in [0.3, 0.4) is 0 Å². The molecule has 1 saturated heterocycles. The quantitative estimate of drug-likeness (QED) is 0.417. The highest BCUT2D eigenvalue weighted by atomic mass is 16.4. The normalized spacial score (nSPS) is 18.3. The summed E-state index contributed by atoms with van der Waals surface area (Å²) < 4.78 is 0. The Morgan fingerprint density at radius 1 is 1.03 bits per heavy atom. The molecule has 1 amide bonds. The molecule has 6 heteroatoms. The van der Waals surface area contributed by atoms with E-state index in [1.807, 2.05) is 49.4 Å². The third-order valence-electron chi connectivity index (χ3n) is 4.97. The highest BCUT2D eigenvalue weighted by Crippen LogP contribution is 2.30. The van der Waals surface area contributed by atoms with E-state index in [9.17, 15) is 19.5 Å². The van der Waals surface area contributed by atoms with E-state index in [-0.39, 0.29) is 30.7 Å². The smallest absolute Gasteiger partial charge is 0.303 e. The molecule has 0 bridgehead atoms. The number of aliphatic carboxylic acids is 1. The van der Waals surface area contributed by atoms with Crippen molar-refractivity contribution in [3.63, 3.8) is 0 Å². The van der Waals surface area contributed by atoms with Crippen molar-refractivity contribution in [2.24, 2.45) is 0 Å². The first kappa shape index (κ1) is 21.0. The largest absolute Gasteiger partial charge is 0.507 e. The maximum Gasteiger partial charge on any atom is 0.303 e. The van der Waals surface area contributed by atoms with Gasteiger partial charge in [0.2, 0.25) is 0 Å². The fourth-order valence-electron chi connectivity index (χ4n) is 3.38. The summed E-state index contributed by atoms with van der Waals surface area (Å²) in [4.78, 5) is 37.6. The number of carbonyl (C=O) groups excluding carboxylic acids is 2. The first-order valence-corrected chi connectivity index (χ1v) is 9.69. The van der Waals surface area contributed by atoms with Gasteiger partial charge in [0.05, 0.1) is 11.6 Å². The van der Waals surface area contributed by atoms with Crippen LogP contribution in [0.2, 0.25) is 0 Å². The average molecular weight is 405 g/mol. The number of aliphatic hydroxyl groups is 1. The van der Waals surface area contributed by atoms with E-state index in [1.165, 1.54) is 4.90 Å². The van der Waals surface area contributed by atoms with Crippen LogP contribution >= 0.6 is 0 Å². The second-order valence-corrected chi connectivity index (χ2v) is 7.17. The summed E-state index contributed by atoms with van der Waals surface area (Å²) >= 11 is 0. The molecule has 0 saturated carbocycles. The Bertz CT molecular complexity index is 1010. The van der Waals surface area contributed by atoms with E-state index < -0.39 is 23.7 Å². The van der Waals surface area contributed by atoms with Crippen molar-refractivity contribution in [3.05, 3.63) is 82.9 Å². The number of hydrogen-bond acceptors (Lipinski definition) is 4. The van der Waals surface area contributed by atoms with Crippen molar-refractivity contribution in [1.82, 2.24) is 4.90 Å². The number of nitrogens with zero attached hydrogens (tertiary/aromatic N) is 1. The molecule has 1 atom stereocenters. The molecule has 2 aromatic rings. The highest BCUT2D eigenvalue weighted by Gasteiger charge is 2.43. The van der Waals surface area contributed by atoms with Crippen LogP contribution in [-0.4, -0.2) is 45.4 Å². The Kier molecular flexibility index (Phi) is 6.47. The van der Waals surface area contributed by atoms with E-state index >= 15 is 0 Å². The van der Waals surface area contributed by atoms with Gasteiger partial charge in [-0.3, -0.25) is 14.4 Å². The molecule has 1 aliphatic heterocycles. The van der Waals surface area contributed by atoms with E-state index in [4.69, 9.17) is 5.11 Å². The van der Waals surface area contributed by atoms with Gasteiger partial charge in [-0.2, -0.15) is 0 Å². The molecule has 6 nitrogen and oxygen atoms in total. The molecule has 0 spiro atoms. The fraction of sp³-hybridized carbons (Fsp3) is 0.208. The topological polar surface area (TPSA) is 94.9 Å². The number of carboxylic acids is 1. The SMILES string of the molecule is Cc1ccc(/C(O)=C2\C(=O)C(=O)N(CCCC(=O)O)C2/C=C/c2ccccc2)cc1. The predicted molar refractivity (Wildman–Crippen MR) is 114 cm³/mol. The van der Waals surface area contributed by atoms with Crippen molar-refractivity contribution >= 4 is 29.5 Å². The Morgan fingerprint density at radius 3 is 2.33 bits per heavy atom. The lowest BCUT2D eigenvalue weighted by Crippen LogP contribution is -2.34. The molecule has 154 valence electrons. The summed E-state index contributed by atoms with van der Waals surface area (Å²) in [6.45, 7) is 2.01. The Morgan fingerprint density at radius 2 is 1.70 bits per heavy atom. The zero-order chi connectivity index (χ0) is 21.7. The molecular weight excluding hydrogens is 382 g/mol. The van der Waals surface area contributed by atoms with Crippen molar-refractivity contribution < 1.29 is 24.6 Å². The van der Waals surface area contributed by atoms with Crippen LogP contribution in [0.5, 0.6) is 0 Å². The molecule has 3 rings (SSSR count). The van der Waals surface area contributed by atoms with Gasteiger partial charge < -0.3 is 15.1 Å². The van der Waals surface area contributed by atoms with Gasteiger partial charge in [-0.15, -0.1) is 0 Å². The molecule has 1 fully saturated rings. The zero-order valence-electron chi connectivity index (χ0n) is 16.6. The number of rotatable bonds is 7. The van der Waals surface area contributed by atoms with Crippen molar-refractivity contribution in [3.8, 4) is 0 Å². The summed E-state index contributed by atoms with van der Waals surface area (Å²) in [5.74, 6) is -2.72. The monoisotopic (exact) mass is 405 g/mol. The minimum Gasteiger partial charge on any atom is -0.507 e. The number of carboxylic acid groups (broad SMARTS) is 1. The molecule has 0 aliphatic carbocycles. The van der Waals surface area contributed by atoms with Gasteiger partial charge >= 0.3 is 5.97 Å². The molecule has 1 unspecified atom stereocenters. The van der Waals surface area contributed by atoms with Gasteiger partial charge in [0.1, 0.15) is 5.76 Å². The Hall–Kier alpha value is -3.67. The van der Waals surface area contributed by atoms with Gasteiger partial charge in [0, 0.05) is 18.5 Å². The van der Waals surface area contributed by atoms with E-state index in [2.05, 4.69) is 0 Å². The number of amides is 1. The summed E-state index contributed by atoms with van der Waals surface area (Å²) in [5, 5.41) is 19.8. The zero-order valence-corrected chi connectivity index (χ0v) is 16.6. The maximum atomic E-state index is 12.8. The van der Waals surface area contributed by atoms with Gasteiger partial charge in [-0.25, -0.2) is 0 Å². The fourth-order valence-corrected chi connectivity index (χ4v) is 3.38. The van der Waals surface area contributed by atoms with Crippen LogP contribution in [0.25, 0.3) is 11.8 Å². The highest BCUT2D eigenvalue weighted by molar-refractivity contribution is 6.47. The first-order valence-electron chi connectivity index (χ1n) is 9.69. The molecule has 1 heterocycles. The molecule has 2 N–H and O–H groups in total. The lowest BCUT2D eigenvalue weighted by atomic mass is 9.99. The minimum atomic E-state index is -0.970. The van der Waals surface area contributed by atoms with Gasteiger partial charge in [-0.1, -0.05) is 72.3 Å². The summed E-state index contributed by atoms with van der Waals surface area (Å²) in [7, 11) is 0. The second-order valence-electron chi connectivity index (χ2n) is 7.17. The van der Waals surface area contributed by atoms with E-state index in [0.717, 1.165) is 11.1 Å². The minimum absolute atomic E-state index is 0.00589. The summed E-state index contributed by atoms with van der Waals surface area (Å²) in [6.07, 6.45) is 3.57. The van der Waals surface area contributed by atoms with Gasteiger partial charge in [0.25, 0.3) is 11.7 Å². The van der Waals surface area contributed by atoms with Gasteiger partial charge in [-0.05, 0) is 18.9 Å². The number of aryl methyl sites for hydroxylation is 1. The molecular formula is C24H23NO5. The number of likely N-dealkylation sites (tertiary alicyclic amines) is 1. The number of Topliss-reactive ketones (excluding diaryl/α,β-unsaturated/α-hetero) is 1. The second kappa shape index (κ2) is 9.22. The van der Waals surface area contributed by atoms with Crippen LogP contribution in [0.1, 0.15) is 29.5 Å². The van der Waals surface area contributed by atoms with Crippen molar-refractivity contribution in [2.45, 2.75) is 25.8 Å². The molecule has 0 aromatic heterocycles. The van der Waals surface area contributed by atoms with Crippen LogP contribution in [0, 0.1) is 6.92 Å². The van der Waals surface area contributed by atoms with Crippen molar-refractivity contribution in [1.29, 1.82) is 0 Å². The third-order valence-corrected chi connectivity index (χ3v) is 4.97. The van der Waals surface area contributed by atoms with Gasteiger partial charge in [0.15, 0.2) is 0 Å².